The fourth-order valence-electron chi connectivity index (χ4n) is 5.16. The molecule has 2 aromatic carbocycles. The lowest BCUT2D eigenvalue weighted by Gasteiger charge is -2.48. The van der Waals surface area contributed by atoms with Crippen molar-refractivity contribution in [2.45, 2.75) is 69.8 Å². The predicted molar refractivity (Wildman–Crippen MR) is 140 cm³/mol. The second-order valence-electron chi connectivity index (χ2n) is 10.9. The number of hydrogen-bond donors (Lipinski definition) is 0. The third kappa shape index (κ3) is 6.37. The van der Waals surface area contributed by atoms with Gasteiger partial charge < -0.3 is 4.74 Å². The second-order valence-corrected chi connectivity index (χ2v) is 13.0. The number of rotatable bonds is 7. The van der Waals surface area contributed by atoms with Crippen LogP contribution in [0.2, 0.25) is 0 Å². The maximum atomic E-state index is 12.3. The minimum Gasteiger partial charge on any atom is -0.487 e. The van der Waals surface area contributed by atoms with E-state index in [1.165, 1.54) is 5.56 Å². The van der Waals surface area contributed by atoms with Gasteiger partial charge in [0.05, 0.1) is 11.5 Å². The third-order valence-electron chi connectivity index (χ3n) is 7.31. The number of fused-ring (bicyclic) bond motifs is 1. The van der Waals surface area contributed by atoms with E-state index in [0.717, 1.165) is 61.2 Å². The fraction of sp³-hybridized carbons (Fsp3) is 0.556. The summed E-state index contributed by atoms with van der Waals surface area (Å²) in [7, 11) is -3.23. The molecule has 8 heteroatoms. The molecule has 7 nitrogen and oxygen atoms in total. The van der Waals surface area contributed by atoms with Crippen molar-refractivity contribution in [3.8, 4) is 16.9 Å². The largest absolute Gasteiger partial charge is 0.487 e. The van der Waals surface area contributed by atoms with E-state index in [1.54, 1.807) is 0 Å². The minimum absolute atomic E-state index is 0.00367. The van der Waals surface area contributed by atoms with Gasteiger partial charge in [0, 0.05) is 30.1 Å². The Balaban J connectivity index is 1.39. The summed E-state index contributed by atoms with van der Waals surface area (Å²) in [5.74, 6) is 1.03. The summed E-state index contributed by atoms with van der Waals surface area (Å²) in [6.45, 7) is 9.20. The molecule has 2 aliphatic heterocycles. The Morgan fingerprint density at radius 3 is 2.40 bits per heavy atom. The summed E-state index contributed by atoms with van der Waals surface area (Å²) in [4.78, 5) is 5.21. The average Bonchev–Trinajstić information content (AvgIpc) is 2.82. The number of hydrogen-bond acceptors (Lipinski definition) is 5. The predicted octanol–water partition coefficient (Wildman–Crippen LogP) is 5.93. The molecule has 1 fully saturated rings. The summed E-state index contributed by atoms with van der Waals surface area (Å²) in [5, 5.41) is 3.40. The van der Waals surface area contributed by atoms with E-state index in [9.17, 15) is 8.42 Å². The molecule has 1 saturated heterocycles. The van der Waals surface area contributed by atoms with E-state index in [2.05, 4.69) is 53.9 Å². The first-order valence-electron chi connectivity index (χ1n) is 12.5. The van der Waals surface area contributed by atoms with Crippen LogP contribution in [0.1, 0.15) is 57.6 Å². The number of nitrogens with zero attached hydrogens (tertiary/aromatic N) is 4. The van der Waals surface area contributed by atoms with Gasteiger partial charge in [0.25, 0.3) is 0 Å². The van der Waals surface area contributed by atoms with Crippen LogP contribution in [-0.2, 0) is 22.0 Å². The van der Waals surface area contributed by atoms with E-state index in [1.807, 2.05) is 24.3 Å². The molecule has 2 aromatic rings. The standard InChI is InChI=1S/C27H36N4O3S/c1-26(2,3)31-16-13-27(14-17-31)12-11-24-19-23(9-10-25(24)34-27)22-7-5-21(6-8-22)20-35(32,33)18-4-15-29-30-28/h5-10,19H,4,11-18,20H2,1-3H3. The highest BCUT2D eigenvalue weighted by Crippen LogP contribution is 2.41. The quantitative estimate of drug-likeness (QED) is 0.205. The van der Waals surface area contributed by atoms with Crippen molar-refractivity contribution in [1.82, 2.24) is 4.90 Å². The van der Waals surface area contributed by atoms with Crippen molar-refractivity contribution in [2.24, 2.45) is 5.11 Å². The van der Waals surface area contributed by atoms with Gasteiger partial charge >= 0.3 is 0 Å². The highest BCUT2D eigenvalue weighted by Gasteiger charge is 2.41. The third-order valence-corrected chi connectivity index (χ3v) is 8.99. The lowest BCUT2D eigenvalue weighted by molar-refractivity contribution is -0.0355. The number of benzene rings is 2. The lowest BCUT2D eigenvalue weighted by atomic mass is 9.81. The molecule has 188 valence electrons. The molecule has 2 aliphatic rings. The van der Waals surface area contributed by atoms with Crippen molar-refractivity contribution in [3.63, 3.8) is 0 Å². The molecule has 0 amide bonds. The number of aryl methyl sites for hydroxylation is 1. The van der Waals surface area contributed by atoms with Crippen LogP contribution >= 0.6 is 0 Å². The molecular weight excluding hydrogens is 460 g/mol. The Morgan fingerprint density at radius 2 is 1.74 bits per heavy atom. The van der Waals surface area contributed by atoms with Crippen LogP contribution in [0.5, 0.6) is 5.75 Å². The van der Waals surface area contributed by atoms with Crippen molar-refractivity contribution >= 4 is 9.84 Å². The molecule has 2 heterocycles. The van der Waals surface area contributed by atoms with Crippen molar-refractivity contribution in [1.29, 1.82) is 0 Å². The Morgan fingerprint density at radius 1 is 1.06 bits per heavy atom. The van der Waals surface area contributed by atoms with Gasteiger partial charge in [-0.15, -0.1) is 0 Å². The molecule has 0 aromatic heterocycles. The topological polar surface area (TPSA) is 95.4 Å². The van der Waals surface area contributed by atoms with Crippen LogP contribution in [0.15, 0.2) is 47.6 Å². The van der Waals surface area contributed by atoms with Crippen molar-refractivity contribution < 1.29 is 13.2 Å². The molecule has 0 bridgehead atoms. The SMILES string of the molecule is CC(C)(C)N1CCC2(CCc3cc(-c4ccc(CS(=O)(=O)CCCN=[N+]=[N-])cc4)ccc3O2)CC1. The molecular formula is C27H36N4O3S. The van der Waals surface area contributed by atoms with Crippen LogP contribution in [0.25, 0.3) is 21.6 Å². The number of likely N-dealkylation sites (tertiary alicyclic amines) is 1. The van der Waals surface area contributed by atoms with Crippen molar-refractivity contribution in [3.05, 3.63) is 64.0 Å². The number of ether oxygens (including phenoxy) is 1. The smallest absolute Gasteiger partial charge is 0.154 e. The molecule has 0 radical (unpaired) electrons. The van der Waals surface area contributed by atoms with Crippen LogP contribution < -0.4 is 4.74 Å². The van der Waals surface area contributed by atoms with E-state index >= 15 is 0 Å². The molecule has 4 rings (SSSR count). The first-order valence-corrected chi connectivity index (χ1v) is 14.3. The van der Waals surface area contributed by atoms with Gasteiger partial charge in [-0.3, -0.25) is 4.90 Å². The Hall–Kier alpha value is -2.54. The Kier molecular flexibility index (Phi) is 7.46. The van der Waals surface area contributed by atoms with E-state index in [-0.39, 0.29) is 29.2 Å². The number of piperidine rings is 1. The van der Waals surface area contributed by atoms with Gasteiger partial charge in [-0.05, 0) is 92.8 Å². The second kappa shape index (κ2) is 10.2. The highest BCUT2D eigenvalue weighted by molar-refractivity contribution is 7.90. The van der Waals surface area contributed by atoms with Gasteiger partial charge in [0.15, 0.2) is 9.84 Å². The van der Waals surface area contributed by atoms with Gasteiger partial charge in [-0.2, -0.15) is 0 Å². The molecule has 35 heavy (non-hydrogen) atoms. The molecule has 0 atom stereocenters. The average molecular weight is 497 g/mol. The summed E-state index contributed by atoms with van der Waals surface area (Å²) >= 11 is 0. The van der Waals surface area contributed by atoms with Crippen LogP contribution in [0, 0.1) is 0 Å². The molecule has 0 N–H and O–H groups in total. The summed E-state index contributed by atoms with van der Waals surface area (Å²) in [5.41, 5.74) is 12.7. The fourth-order valence-corrected chi connectivity index (χ4v) is 6.57. The Bertz CT molecular complexity index is 1190. The normalized spacial score (nSPS) is 17.9. The zero-order valence-electron chi connectivity index (χ0n) is 21.0. The molecule has 0 saturated carbocycles. The molecule has 0 unspecified atom stereocenters. The zero-order valence-corrected chi connectivity index (χ0v) is 21.9. The van der Waals surface area contributed by atoms with E-state index in [4.69, 9.17) is 10.3 Å². The first kappa shape index (κ1) is 25.5. The molecule has 0 aliphatic carbocycles. The van der Waals surface area contributed by atoms with Gasteiger partial charge in [-0.25, -0.2) is 8.42 Å². The summed E-state index contributed by atoms with van der Waals surface area (Å²) < 4.78 is 31.3. The molecule has 1 spiro atoms. The monoisotopic (exact) mass is 496 g/mol. The minimum atomic E-state index is -3.23. The zero-order chi connectivity index (χ0) is 25.1. The highest BCUT2D eigenvalue weighted by atomic mass is 32.2. The first-order chi connectivity index (χ1) is 16.6. The lowest BCUT2D eigenvalue weighted by Crippen LogP contribution is -2.54. The van der Waals surface area contributed by atoms with Gasteiger partial charge in [0.1, 0.15) is 11.4 Å². The van der Waals surface area contributed by atoms with E-state index < -0.39 is 9.84 Å². The maximum absolute atomic E-state index is 12.3. The summed E-state index contributed by atoms with van der Waals surface area (Å²) in [6.07, 6.45) is 4.56. The van der Waals surface area contributed by atoms with Crippen LogP contribution in [-0.4, -0.2) is 49.8 Å². The van der Waals surface area contributed by atoms with Crippen molar-refractivity contribution in [2.75, 3.05) is 25.4 Å². The van der Waals surface area contributed by atoms with Gasteiger partial charge in [-0.1, -0.05) is 35.4 Å². The van der Waals surface area contributed by atoms with Gasteiger partial charge in [0.2, 0.25) is 0 Å². The van der Waals surface area contributed by atoms with Crippen LogP contribution in [0.4, 0.5) is 0 Å². The van der Waals surface area contributed by atoms with E-state index in [0.29, 0.717) is 6.42 Å². The number of azide groups is 1. The maximum Gasteiger partial charge on any atom is 0.154 e. The summed E-state index contributed by atoms with van der Waals surface area (Å²) in [6, 6.07) is 14.2. The number of sulfone groups is 1. The Labute approximate surface area is 209 Å². The van der Waals surface area contributed by atoms with Crippen LogP contribution in [0.3, 0.4) is 0 Å².